The monoisotopic (exact) mass is 503 g/mol. The summed E-state index contributed by atoms with van der Waals surface area (Å²) in [5, 5.41) is 14.9. The molecule has 8 nitrogen and oxygen atoms in total. The van der Waals surface area contributed by atoms with Crippen molar-refractivity contribution in [2.45, 2.75) is 4.58 Å². The second-order valence-electron chi connectivity index (χ2n) is 6.85. The van der Waals surface area contributed by atoms with Crippen LogP contribution in [0.1, 0.15) is 15.9 Å². The molecule has 4 rings (SSSR count). The number of carbonyl (C=O) groups excluding carboxylic acids is 1. The van der Waals surface area contributed by atoms with Crippen LogP contribution in [-0.4, -0.2) is 35.2 Å². The number of hydrogen-bond donors (Lipinski definition) is 1. The molecule has 11 heteroatoms. The van der Waals surface area contributed by atoms with Crippen LogP contribution in [0.2, 0.25) is 5.02 Å². The van der Waals surface area contributed by atoms with Gasteiger partial charge in [-0.15, -0.1) is 23.5 Å². The zero-order chi connectivity index (χ0) is 23.2. The number of hydrogen-bond acceptors (Lipinski definition) is 8. The summed E-state index contributed by atoms with van der Waals surface area (Å²) in [5.41, 5.74) is 4.03. The van der Waals surface area contributed by atoms with E-state index in [1.165, 1.54) is 41.5 Å². The molecule has 0 saturated carbocycles. The Morgan fingerprint density at radius 2 is 1.97 bits per heavy atom. The maximum Gasteiger partial charge on any atom is 0.277 e. The van der Waals surface area contributed by atoms with Gasteiger partial charge in [-0.1, -0.05) is 23.7 Å². The van der Waals surface area contributed by atoms with Crippen LogP contribution in [0.15, 0.2) is 64.1 Å². The average Bonchev–Trinajstić information content (AvgIpc) is 3.51. The number of hydrazone groups is 1. The minimum atomic E-state index is -0.522. The molecule has 1 aliphatic heterocycles. The SMILES string of the molecule is O=C(COc1ccc(C2SCCS2)cc1)N/N=C\c1ccc(-c2ccc([N+](=O)[O-])cc2Cl)o1. The van der Waals surface area contributed by atoms with Gasteiger partial charge in [-0.2, -0.15) is 5.10 Å². The van der Waals surface area contributed by atoms with E-state index < -0.39 is 10.8 Å². The molecule has 1 fully saturated rings. The summed E-state index contributed by atoms with van der Waals surface area (Å²) in [7, 11) is 0. The molecule has 0 aliphatic carbocycles. The van der Waals surface area contributed by atoms with Crippen molar-refractivity contribution in [2.75, 3.05) is 18.1 Å². The second-order valence-corrected chi connectivity index (χ2v) is 9.98. The number of furan rings is 1. The van der Waals surface area contributed by atoms with Gasteiger partial charge in [-0.25, -0.2) is 5.43 Å². The summed E-state index contributed by atoms with van der Waals surface area (Å²) in [5.74, 6) is 3.32. The lowest BCUT2D eigenvalue weighted by atomic mass is 10.1. The predicted molar refractivity (Wildman–Crippen MR) is 131 cm³/mol. The maximum atomic E-state index is 12.0. The van der Waals surface area contributed by atoms with Gasteiger partial charge in [0, 0.05) is 29.2 Å². The third kappa shape index (κ3) is 6.10. The number of rotatable bonds is 8. The number of thioether (sulfide) groups is 2. The minimum absolute atomic E-state index is 0.107. The van der Waals surface area contributed by atoms with Crippen LogP contribution in [0.4, 0.5) is 5.69 Å². The number of nitro groups is 1. The topological polar surface area (TPSA) is 107 Å². The van der Waals surface area contributed by atoms with Gasteiger partial charge in [0.2, 0.25) is 0 Å². The van der Waals surface area contributed by atoms with Crippen LogP contribution in [0.3, 0.4) is 0 Å². The van der Waals surface area contributed by atoms with E-state index in [1.54, 1.807) is 12.1 Å². The van der Waals surface area contributed by atoms with Crippen molar-refractivity contribution in [3.8, 4) is 17.1 Å². The molecule has 1 N–H and O–H groups in total. The molecule has 2 heterocycles. The molecule has 1 amide bonds. The fraction of sp³-hybridized carbons (Fsp3) is 0.182. The number of amides is 1. The molecule has 0 unspecified atom stereocenters. The highest BCUT2D eigenvalue weighted by molar-refractivity contribution is 8.19. The molecule has 2 aromatic carbocycles. The van der Waals surface area contributed by atoms with Crippen LogP contribution in [0.25, 0.3) is 11.3 Å². The fourth-order valence-corrected chi connectivity index (χ4v) is 6.13. The number of ether oxygens (including phenoxy) is 1. The quantitative estimate of drug-likeness (QED) is 0.245. The van der Waals surface area contributed by atoms with Gasteiger partial charge in [0.05, 0.1) is 20.7 Å². The van der Waals surface area contributed by atoms with E-state index in [4.69, 9.17) is 20.8 Å². The summed E-state index contributed by atoms with van der Waals surface area (Å²) in [6.45, 7) is -0.175. The molecular weight excluding hydrogens is 486 g/mol. The summed E-state index contributed by atoms with van der Waals surface area (Å²) in [4.78, 5) is 22.3. The van der Waals surface area contributed by atoms with Crippen LogP contribution in [-0.2, 0) is 4.79 Å². The van der Waals surface area contributed by atoms with Crippen molar-refractivity contribution in [3.63, 3.8) is 0 Å². The largest absolute Gasteiger partial charge is 0.484 e. The van der Waals surface area contributed by atoms with E-state index in [0.717, 1.165) is 0 Å². The first-order chi connectivity index (χ1) is 16.0. The van der Waals surface area contributed by atoms with Crippen LogP contribution in [0.5, 0.6) is 5.75 Å². The third-order valence-electron chi connectivity index (χ3n) is 4.58. The van der Waals surface area contributed by atoms with Gasteiger partial charge in [-0.05, 0) is 35.9 Å². The van der Waals surface area contributed by atoms with Gasteiger partial charge >= 0.3 is 0 Å². The molecule has 33 heavy (non-hydrogen) atoms. The first-order valence-electron chi connectivity index (χ1n) is 9.81. The smallest absolute Gasteiger partial charge is 0.277 e. The van der Waals surface area contributed by atoms with Crippen LogP contribution in [0, 0.1) is 10.1 Å². The van der Waals surface area contributed by atoms with Crippen molar-refractivity contribution in [1.29, 1.82) is 0 Å². The molecule has 1 aromatic heterocycles. The molecule has 0 radical (unpaired) electrons. The molecular formula is C22H18ClN3O5S2. The number of nitrogens with zero attached hydrogens (tertiary/aromatic N) is 2. The molecule has 1 saturated heterocycles. The first kappa shape index (κ1) is 23.2. The Morgan fingerprint density at radius 1 is 1.21 bits per heavy atom. The second kappa shape index (κ2) is 10.8. The van der Waals surface area contributed by atoms with Crippen molar-refractivity contribution in [3.05, 3.63) is 81.1 Å². The zero-order valence-electron chi connectivity index (χ0n) is 17.1. The molecule has 170 valence electrons. The highest BCUT2D eigenvalue weighted by Gasteiger charge is 2.18. The summed E-state index contributed by atoms with van der Waals surface area (Å²) < 4.78 is 11.6. The normalized spacial score (nSPS) is 14.0. The summed E-state index contributed by atoms with van der Waals surface area (Å²) in [6, 6.07) is 15.2. The molecule has 3 aromatic rings. The van der Waals surface area contributed by atoms with Gasteiger partial charge in [0.15, 0.2) is 6.61 Å². The number of benzene rings is 2. The van der Waals surface area contributed by atoms with E-state index in [2.05, 4.69) is 10.5 Å². The zero-order valence-corrected chi connectivity index (χ0v) is 19.5. The lowest BCUT2D eigenvalue weighted by molar-refractivity contribution is -0.384. The molecule has 1 aliphatic rings. The first-order valence-corrected chi connectivity index (χ1v) is 12.3. The van der Waals surface area contributed by atoms with Crippen molar-refractivity contribution < 1.29 is 18.9 Å². The lowest BCUT2D eigenvalue weighted by Crippen LogP contribution is -2.24. The van der Waals surface area contributed by atoms with E-state index in [1.807, 2.05) is 47.8 Å². The molecule has 0 spiro atoms. The maximum absolute atomic E-state index is 12.0. The minimum Gasteiger partial charge on any atom is -0.484 e. The Bertz CT molecular complexity index is 1180. The Hall–Kier alpha value is -2.95. The van der Waals surface area contributed by atoms with E-state index in [0.29, 0.717) is 27.4 Å². The lowest BCUT2D eigenvalue weighted by Gasteiger charge is -2.09. The van der Waals surface area contributed by atoms with Gasteiger partial charge in [-0.3, -0.25) is 14.9 Å². The fourth-order valence-electron chi connectivity index (χ4n) is 3.01. The Balaban J connectivity index is 1.27. The highest BCUT2D eigenvalue weighted by atomic mass is 35.5. The van der Waals surface area contributed by atoms with Crippen LogP contribution < -0.4 is 10.2 Å². The Morgan fingerprint density at radius 3 is 2.67 bits per heavy atom. The third-order valence-corrected chi connectivity index (χ3v) is 8.00. The van der Waals surface area contributed by atoms with E-state index in [-0.39, 0.29) is 17.3 Å². The van der Waals surface area contributed by atoms with Gasteiger partial charge < -0.3 is 9.15 Å². The number of nitro benzene ring substituents is 1. The van der Waals surface area contributed by atoms with Crippen molar-refractivity contribution in [1.82, 2.24) is 5.43 Å². The number of nitrogens with one attached hydrogen (secondary N) is 1. The molecule has 0 bridgehead atoms. The van der Waals surface area contributed by atoms with Crippen molar-refractivity contribution in [2.24, 2.45) is 5.10 Å². The number of non-ortho nitro benzene ring substituents is 1. The molecule has 0 atom stereocenters. The van der Waals surface area contributed by atoms with E-state index in [9.17, 15) is 14.9 Å². The standard InChI is InChI=1S/C22H18ClN3O5S2/c23-19-11-15(26(28)29)3-7-18(19)20-8-6-17(31-20)12-24-25-21(27)13-30-16-4-1-14(2-5-16)22-32-9-10-33-22/h1-8,11-12,22H,9-10,13H2,(H,25,27)/b24-12-. The van der Waals surface area contributed by atoms with Gasteiger partial charge in [0.25, 0.3) is 11.6 Å². The Kier molecular flexibility index (Phi) is 7.58. The predicted octanol–water partition coefficient (Wildman–Crippen LogP) is 5.52. The summed E-state index contributed by atoms with van der Waals surface area (Å²) in [6.07, 6.45) is 1.34. The Labute approximate surface area is 202 Å². The van der Waals surface area contributed by atoms with Crippen molar-refractivity contribution >= 4 is 52.9 Å². The van der Waals surface area contributed by atoms with Gasteiger partial charge in [0.1, 0.15) is 17.3 Å². The van der Waals surface area contributed by atoms with Crippen LogP contribution >= 0.6 is 35.1 Å². The number of carbonyl (C=O) groups is 1. The average molecular weight is 504 g/mol. The van der Waals surface area contributed by atoms with E-state index >= 15 is 0 Å². The number of halogens is 1. The summed E-state index contributed by atoms with van der Waals surface area (Å²) >= 11 is 9.98. The highest BCUT2D eigenvalue weighted by Crippen LogP contribution is 2.45.